The van der Waals surface area contributed by atoms with Crippen LogP contribution in [-0.4, -0.2) is 44.0 Å². The Morgan fingerprint density at radius 1 is 0.922 bits per heavy atom. The van der Waals surface area contributed by atoms with Gasteiger partial charge in [0.2, 0.25) is 0 Å². The van der Waals surface area contributed by atoms with Crippen LogP contribution in [0.4, 0.5) is 10.5 Å². The van der Waals surface area contributed by atoms with E-state index in [1.165, 1.54) is 21.7 Å². The Labute approximate surface area is 309 Å². The number of ketones is 1. The van der Waals surface area contributed by atoms with Crippen LogP contribution in [0.25, 0.3) is 5.69 Å². The molecule has 3 aromatic carbocycles. The molecule has 3 heterocycles. The fourth-order valence-corrected chi connectivity index (χ4v) is 12.8. The highest BCUT2D eigenvalue weighted by Gasteiger charge is 2.50. The van der Waals surface area contributed by atoms with Crippen LogP contribution in [0.5, 0.6) is 0 Å². The number of cyclic esters (lactones) is 1. The maximum absolute atomic E-state index is 14.0. The number of carbonyl (C=O) groups excluding carboxylic acids is 2. The standard InChI is InChI=1S/C41H43ClN2O5SSi/c1-28-25-31(44-27-32(49-40(44)47)18-19-35(45)36-20-21-37(42)50-36)26-29(2)38(28)43-23-12-13-30(39(43)46)22-24-48-51(41(3,4)5,33-14-8-6-9-15-33)34-16-10-7-11-17-34/h6-17,20-21,23,25-26,32H,18-19,22,24,27H2,1-5H3/t32-/m0/s1. The van der Waals surface area contributed by atoms with Crippen molar-refractivity contribution in [2.45, 2.75) is 65.0 Å². The average molecular weight is 739 g/mol. The highest BCUT2D eigenvalue weighted by atomic mass is 35.5. The van der Waals surface area contributed by atoms with Gasteiger partial charge in [-0.05, 0) is 83.6 Å². The van der Waals surface area contributed by atoms with E-state index in [0.29, 0.717) is 46.5 Å². The molecule has 2 aromatic heterocycles. The number of Topliss-reactive ketones (excluding diaryl/α,β-unsaturated/α-hetero) is 1. The highest BCUT2D eigenvalue weighted by molar-refractivity contribution is 7.18. The molecule has 5 aromatic rings. The smallest absolute Gasteiger partial charge is 0.414 e. The summed E-state index contributed by atoms with van der Waals surface area (Å²) in [6.45, 7) is 11.4. The molecule has 1 amide bonds. The molecule has 6 rings (SSSR count). The number of thiophene rings is 1. The van der Waals surface area contributed by atoms with Gasteiger partial charge in [0, 0.05) is 30.5 Å². The lowest BCUT2D eigenvalue weighted by Crippen LogP contribution is -2.66. The summed E-state index contributed by atoms with van der Waals surface area (Å²) >= 11 is 7.24. The van der Waals surface area contributed by atoms with Gasteiger partial charge >= 0.3 is 6.09 Å². The fourth-order valence-electron chi connectivity index (χ4n) is 7.21. The number of carbonyl (C=O) groups is 2. The first-order chi connectivity index (χ1) is 24.4. The van der Waals surface area contributed by atoms with Gasteiger partial charge in [-0.15, -0.1) is 11.3 Å². The lowest BCUT2D eigenvalue weighted by atomic mass is 10.1. The molecular weight excluding hydrogens is 696 g/mol. The van der Waals surface area contributed by atoms with Crippen LogP contribution in [-0.2, 0) is 15.6 Å². The van der Waals surface area contributed by atoms with Gasteiger partial charge in [0.15, 0.2) is 5.78 Å². The van der Waals surface area contributed by atoms with Gasteiger partial charge < -0.3 is 9.16 Å². The summed E-state index contributed by atoms with van der Waals surface area (Å²) in [4.78, 5) is 41.8. The van der Waals surface area contributed by atoms with Crippen LogP contribution in [0.1, 0.15) is 60.0 Å². The van der Waals surface area contributed by atoms with E-state index in [4.69, 9.17) is 20.8 Å². The Morgan fingerprint density at radius 2 is 1.55 bits per heavy atom. The van der Waals surface area contributed by atoms with E-state index in [2.05, 4.69) is 69.3 Å². The molecule has 51 heavy (non-hydrogen) atoms. The molecule has 7 nitrogen and oxygen atoms in total. The van der Waals surface area contributed by atoms with E-state index in [-0.39, 0.29) is 22.8 Å². The first-order valence-electron chi connectivity index (χ1n) is 17.2. The summed E-state index contributed by atoms with van der Waals surface area (Å²) < 4.78 is 15.0. The zero-order valence-electron chi connectivity index (χ0n) is 29.6. The van der Waals surface area contributed by atoms with Gasteiger partial charge in [-0.1, -0.05) is 99.1 Å². The minimum Gasteiger partial charge on any atom is -0.444 e. The second-order valence-electron chi connectivity index (χ2n) is 14.1. The first kappa shape index (κ1) is 36.5. The maximum Gasteiger partial charge on any atom is 0.414 e. The van der Waals surface area contributed by atoms with E-state index in [9.17, 15) is 14.4 Å². The second-order valence-corrected chi connectivity index (χ2v) is 20.1. The number of ether oxygens (including phenoxy) is 1. The van der Waals surface area contributed by atoms with E-state index >= 15 is 0 Å². The highest BCUT2D eigenvalue weighted by Crippen LogP contribution is 2.37. The van der Waals surface area contributed by atoms with Crippen LogP contribution in [0.15, 0.2) is 108 Å². The maximum atomic E-state index is 14.0. The molecule has 0 radical (unpaired) electrons. The van der Waals surface area contributed by atoms with E-state index in [0.717, 1.165) is 16.8 Å². The van der Waals surface area contributed by atoms with Gasteiger partial charge in [-0.2, -0.15) is 0 Å². The number of amides is 1. The van der Waals surface area contributed by atoms with E-state index in [1.54, 1.807) is 27.8 Å². The molecule has 0 spiro atoms. The molecule has 0 unspecified atom stereocenters. The lowest BCUT2D eigenvalue weighted by Gasteiger charge is -2.43. The number of benzene rings is 3. The summed E-state index contributed by atoms with van der Waals surface area (Å²) in [5.41, 5.74) is 3.76. The quantitative estimate of drug-likeness (QED) is 0.0952. The van der Waals surface area contributed by atoms with Crippen molar-refractivity contribution in [2.24, 2.45) is 0 Å². The van der Waals surface area contributed by atoms with E-state index in [1.807, 2.05) is 50.2 Å². The van der Waals surface area contributed by atoms with Gasteiger partial charge in [-0.3, -0.25) is 19.1 Å². The third kappa shape index (κ3) is 7.53. The lowest BCUT2D eigenvalue weighted by molar-refractivity contribution is 0.0943. The number of aromatic nitrogens is 1. The molecule has 0 aliphatic carbocycles. The number of pyridine rings is 1. The summed E-state index contributed by atoms with van der Waals surface area (Å²) in [6, 6.07) is 32.0. The van der Waals surface area contributed by atoms with Crippen molar-refractivity contribution >= 4 is 59.2 Å². The Morgan fingerprint density at radius 3 is 2.12 bits per heavy atom. The van der Waals surface area contributed by atoms with Crippen LogP contribution < -0.4 is 20.8 Å². The number of anilines is 1. The number of halogens is 1. The molecule has 1 saturated heterocycles. The Bertz CT molecular complexity index is 2030. The van der Waals surface area contributed by atoms with Crippen molar-refractivity contribution in [3.05, 3.63) is 140 Å². The zero-order chi connectivity index (χ0) is 36.3. The molecule has 1 aliphatic rings. The van der Waals surface area contributed by atoms with Crippen LogP contribution >= 0.6 is 22.9 Å². The molecule has 0 bridgehead atoms. The van der Waals surface area contributed by atoms with Gasteiger partial charge in [0.25, 0.3) is 13.9 Å². The van der Waals surface area contributed by atoms with Crippen molar-refractivity contribution in [3.8, 4) is 5.69 Å². The van der Waals surface area contributed by atoms with Crippen LogP contribution in [0, 0.1) is 13.8 Å². The molecule has 1 aliphatic heterocycles. The van der Waals surface area contributed by atoms with E-state index < -0.39 is 20.5 Å². The second kappa shape index (κ2) is 15.1. The predicted molar refractivity (Wildman–Crippen MR) is 209 cm³/mol. The van der Waals surface area contributed by atoms with Crippen LogP contribution in [0.2, 0.25) is 9.37 Å². The fraction of sp³-hybridized carbons (Fsp3) is 0.293. The van der Waals surface area contributed by atoms with Crippen LogP contribution in [0.3, 0.4) is 0 Å². The monoisotopic (exact) mass is 738 g/mol. The molecular formula is C41H43ClN2O5SSi. The molecule has 10 heteroatoms. The molecule has 0 saturated carbocycles. The van der Waals surface area contributed by atoms with Gasteiger partial charge in [-0.25, -0.2) is 4.79 Å². The van der Waals surface area contributed by atoms with Crippen molar-refractivity contribution in [3.63, 3.8) is 0 Å². The van der Waals surface area contributed by atoms with Gasteiger partial charge in [0.1, 0.15) is 6.10 Å². The Hall–Kier alpha value is -4.28. The summed E-state index contributed by atoms with van der Waals surface area (Å²) in [5, 5.41) is 2.23. The number of hydrogen-bond acceptors (Lipinski definition) is 6. The first-order valence-corrected chi connectivity index (χ1v) is 20.3. The Balaban J connectivity index is 1.20. The third-order valence-electron chi connectivity index (χ3n) is 9.58. The largest absolute Gasteiger partial charge is 0.444 e. The Kier molecular flexibility index (Phi) is 10.8. The molecule has 1 fully saturated rings. The predicted octanol–water partition coefficient (Wildman–Crippen LogP) is 8.28. The topological polar surface area (TPSA) is 77.8 Å². The molecule has 1 atom stereocenters. The minimum absolute atomic E-state index is 0.0142. The number of aryl methyl sites for hydroxylation is 2. The molecule has 0 N–H and O–H groups in total. The molecule has 264 valence electrons. The van der Waals surface area contributed by atoms with Crippen molar-refractivity contribution in [1.29, 1.82) is 0 Å². The van der Waals surface area contributed by atoms with Gasteiger partial charge in [0.05, 0.1) is 21.4 Å². The van der Waals surface area contributed by atoms with Crippen molar-refractivity contribution in [1.82, 2.24) is 4.57 Å². The number of rotatable bonds is 12. The summed E-state index contributed by atoms with van der Waals surface area (Å²) in [5.74, 6) is -0.0142. The average Bonchev–Trinajstić information content (AvgIpc) is 3.71. The number of nitrogens with zero attached hydrogens (tertiary/aromatic N) is 2. The normalized spacial score (nSPS) is 14.9. The SMILES string of the molecule is Cc1cc(N2C[C@H](CCC(=O)c3ccc(Cl)s3)OC2=O)cc(C)c1-n1cccc(CCO[Si](c2ccccc2)(c2ccccc2)C(C)(C)C)c1=O. The minimum atomic E-state index is -2.74. The van der Waals surface area contributed by atoms with Crippen molar-refractivity contribution < 1.29 is 18.8 Å². The summed E-state index contributed by atoms with van der Waals surface area (Å²) in [6.07, 6.45) is 2.10. The van der Waals surface area contributed by atoms with Crippen molar-refractivity contribution in [2.75, 3.05) is 18.1 Å². The third-order valence-corrected chi connectivity index (χ3v) is 15.9. The zero-order valence-corrected chi connectivity index (χ0v) is 32.2. The summed E-state index contributed by atoms with van der Waals surface area (Å²) in [7, 11) is -2.74. The number of hydrogen-bond donors (Lipinski definition) is 0.